The molecule has 0 spiro atoms. The third kappa shape index (κ3) is 6.04. The maximum atomic E-state index is 3.90. The van der Waals surface area contributed by atoms with E-state index in [1.54, 1.807) is 0 Å². The minimum absolute atomic E-state index is 1.06. The number of allylic oxidation sites excluding steroid dienone is 1. The number of aromatic nitrogens is 1. The monoisotopic (exact) mass is 405 g/mol. The van der Waals surface area contributed by atoms with Gasteiger partial charge in [-0.25, -0.2) is 0 Å². The van der Waals surface area contributed by atoms with Gasteiger partial charge < -0.3 is 4.98 Å². The Balaban J connectivity index is 0. The predicted octanol–water partition coefficient (Wildman–Crippen LogP) is 7.29. The van der Waals surface area contributed by atoms with E-state index in [1.807, 2.05) is 54.5 Å². The van der Waals surface area contributed by atoms with E-state index in [4.69, 9.17) is 0 Å². The molecule has 140 valence electrons. The van der Waals surface area contributed by atoms with Crippen LogP contribution in [0.25, 0.3) is 35.2 Å². The van der Waals surface area contributed by atoms with Crippen LogP contribution >= 0.6 is 15.9 Å². The summed E-state index contributed by atoms with van der Waals surface area (Å²) in [5, 5.41) is 3.68. The Kier molecular flexibility index (Phi) is 15.2. The van der Waals surface area contributed by atoms with Crippen molar-refractivity contribution in [3.05, 3.63) is 44.9 Å². The van der Waals surface area contributed by atoms with Gasteiger partial charge in [-0.3, -0.25) is 0 Å². The van der Waals surface area contributed by atoms with E-state index in [0.717, 1.165) is 15.7 Å². The van der Waals surface area contributed by atoms with Gasteiger partial charge in [0.2, 0.25) is 0 Å². The topological polar surface area (TPSA) is 15.8 Å². The van der Waals surface area contributed by atoms with Crippen LogP contribution in [0.2, 0.25) is 0 Å². The molecular weight excluding hydrogens is 370 g/mol. The van der Waals surface area contributed by atoms with Crippen molar-refractivity contribution in [2.45, 2.75) is 62.3 Å². The van der Waals surface area contributed by atoms with Gasteiger partial charge in [0.1, 0.15) is 0 Å². The molecule has 2 aromatic rings. The zero-order valence-electron chi connectivity index (χ0n) is 17.5. The molecule has 1 nitrogen and oxygen atoms in total. The number of H-pyrrole nitrogens is 1. The van der Waals surface area contributed by atoms with Gasteiger partial charge in [-0.15, -0.1) is 0 Å². The molecule has 2 rings (SSSR count). The summed E-state index contributed by atoms with van der Waals surface area (Å²) in [5.41, 5.74) is 3.41. The smallest absolute Gasteiger partial charge is 0.0552 e. The van der Waals surface area contributed by atoms with Gasteiger partial charge in [-0.1, -0.05) is 88.4 Å². The molecular formula is C23H36BrN. The van der Waals surface area contributed by atoms with Crippen molar-refractivity contribution < 1.29 is 0 Å². The standard InChI is InChI=1S/C17H18BrN.3C2H6/c1-5-9-13-15(8-4)19-17-12(7-3)11(6-2)10-14(18)16(13)17;3*1-2/h5-10,19H,4H2,1-3H3;3*1-2H3/b9-5-,11-6-,12-7+;;;. The second-order valence-corrected chi connectivity index (χ2v) is 5.20. The summed E-state index contributed by atoms with van der Waals surface area (Å²) in [6.45, 7) is 22.1. The molecule has 0 saturated carbocycles. The van der Waals surface area contributed by atoms with Crippen molar-refractivity contribution >= 4 is 51.1 Å². The van der Waals surface area contributed by atoms with Crippen molar-refractivity contribution in [1.82, 2.24) is 4.98 Å². The van der Waals surface area contributed by atoms with E-state index >= 15 is 0 Å². The molecule has 0 aliphatic carbocycles. The Morgan fingerprint density at radius 1 is 0.960 bits per heavy atom. The molecule has 0 atom stereocenters. The molecule has 0 radical (unpaired) electrons. The number of aromatic amines is 1. The fourth-order valence-electron chi connectivity index (χ4n) is 2.47. The highest BCUT2D eigenvalue weighted by molar-refractivity contribution is 9.10. The Morgan fingerprint density at radius 2 is 1.52 bits per heavy atom. The van der Waals surface area contributed by atoms with Gasteiger partial charge in [0.15, 0.2) is 0 Å². The third-order valence-electron chi connectivity index (χ3n) is 3.31. The van der Waals surface area contributed by atoms with Crippen LogP contribution in [0.1, 0.15) is 73.6 Å². The van der Waals surface area contributed by atoms with Crippen LogP contribution in [0.3, 0.4) is 0 Å². The summed E-state index contributed by atoms with van der Waals surface area (Å²) in [5.74, 6) is 0. The average molecular weight is 406 g/mol. The van der Waals surface area contributed by atoms with E-state index in [1.165, 1.54) is 21.4 Å². The summed E-state index contributed by atoms with van der Waals surface area (Å²) in [7, 11) is 0. The number of halogens is 1. The minimum Gasteiger partial charge on any atom is -0.354 e. The summed E-state index contributed by atoms with van der Waals surface area (Å²) in [6, 6.07) is 2.17. The number of benzene rings is 1. The first kappa shape index (κ1) is 25.7. The van der Waals surface area contributed by atoms with Crippen LogP contribution in [0.4, 0.5) is 0 Å². The highest BCUT2D eigenvalue weighted by atomic mass is 79.9. The Morgan fingerprint density at radius 3 is 1.92 bits per heavy atom. The fraction of sp³-hybridized carbons (Fsp3) is 0.391. The van der Waals surface area contributed by atoms with Crippen molar-refractivity contribution in [3.8, 4) is 0 Å². The Bertz CT molecular complexity index is 777. The lowest BCUT2D eigenvalue weighted by molar-refractivity contribution is 1.39. The highest BCUT2D eigenvalue weighted by Gasteiger charge is 2.11. The molecule has 0 saturated heterocycles. The van der Waals surface area contributed by atoms with Gasteiger partial charge in [0.25, 0.3) is 0 Å². The summed E-state index contributed by atoms with van der Waals surface area (Å²) in [6.07, 6.45) is 10.3. The molecule has 0 aliphatic rings. The number of nitrogens with one attached hydrogen (secondary N) is 1. The first-order valence-electron chi connectivity index (χ1n) is 9.39. The molecule has 1 heterocycles. The molecule has 0 fully saturated rings. The van der Waals surface area contributed by atoms with Crippen LogP contribution in [0, 0.1) is 0 Å². The van der Waals surface area contributed by atoms with Crippen LogP contribution < -0.4 is 10.4 Å². The zero-order chi connectivity index (χ0) is 20.0. The van der Waals surface area contributed by atoms with Crippen molar-refractivity contribution in [3.63, 3.8) is 0 Å². The van der Waals surface area contributed by atoms with E-state index in [0.29, 0.717) is 0 Å². The molecule has 25 heavy (non-hydrogen) atoms. The summed E-state index contributed by atoms with van der Waals surface area (Å²) >= 11 is 3.69. The molecule has 1 aromatic heterocycles. The average Bonchev–Trinajstić information content (AvgIpc) is 3.05. The van der Waals surface area contributed by atoms with Crippen molar-refractivity contribution in [2.24, 2.45) is 0 Å². The molecule has 2 heteroatoms. The summed E-state index contributed by atoms with van der Waals surface area (Å²) < 4.78 is 1.11. The van der Waals surface area contributed by atoms with Gasteiger partial charge in [0, 0.05) is 26.3 Å². The Labute approximate surface area is 163 Å². The zero-order valence-corrected chi connectivity index (χ0v) is 19.1. The minimum atomic E-state index is 1.06. The molecule has 1 aromatic carbocycles. The number of hydrogen-bond donors (Lipinski definition) is 1. The van der Waals surface area contributed by atoms with Gasteiger partial charge in [-0.05, 0) is 38.1 Å². The number of rotatable bonds is 2. The van der Waals surface area contributed by atoms with Crippen LogP contribution in [0.5, 0.6) is 0 Å². The predicted molar refractivity (Wildman–Crippen MR) is 124 cm³/mol. The first-order valence-corrected chi connectivity index (χ1v) is 10.2. The van der Waals surface area contributed by atoms with Gasteiger partial charge in [0.05, 0.1) is 5.52 Å². The molecule has 0 unspecified atom stereocenters. The van der Waals surface area contributed by atoms with Crippen LogP contribution in [-0.4, -0.2) is 4.98 Å². The SMILES string of the molecule is C=Cc1[nH]c2c(=C/C)/c(=C\C)cc(Br)c2c1/C=C\C.CC.CC.CC. The maximum absolute atomic E-state index is 3.90. The lowest BCUT2D eigenvalue weighted by Gasteiger charge is -2.00. The van der Waals surface area contributed by atoms with E-state index in [9.17, 15) is 0 Å². The van der Waals surface area contributed by atoms with Crippen molar-refractivity contribution in [1.29, 1.82) is 0 Å². The second kappa shape index (κ2) is 14.8. The lowest BCUT2D eigenvalue weighted by Crippen LogP contribution is -2.25. The number of hydrogen-bond acceptors (Lipinski definition) is 0. The maximum Gasteiger partial charge on any atom is 0.0552 e. The van der Waals surface area contributed by atoms with E-state index in [2.05, 4.69) is 71.7 Å². The van der Waals surface area contributed by atoms with Crippen LogP contribution in [0.15, 0.2) is 23.2 Å². The number of fused-ring (bicyclic) bond motifs is 1. The van der Waals surface area contributed by atoms with Crippen molar-refractivity contribution in [2.75, 3.05) is 0 Å². The molecule has 0 amide bonds. The second-order valence-electron chi connectivity index (χ2n) is 4.35. The fourth-order valence-corrected chi connectivity index (χ4v) is 3.12. The molecule has 0 bridgehead atoms. The van der Waals surface area contributed by atoms with E-state index in [-0.39, 0.29) is 0 Å². The third-order valence-corrected chi connectivity index (χ3v) is 3.93. The first-order chi connectivity index (χ1) is 12.2. The van der Waals surface area contributed by atoms with Gasteiger partial charge in [-0.2, -0.15) is 0 Å². The lowest BCUT2D eigenvalue weighted by atomic mass is 10.1. The highest BCUT2D eigenvalue weighted by Crippen LogP contribution is 2.28. The van der Waals surface area contributed by atoms with Gasteiger partial charge >= 0.3 is 0 Å². The Hall–Kier alpha value is -1.54. The largest absolute Gasteiger partial charge is 0.354 e. The molecule has 1 N–H and O–H groups in total. The summed E-state index contributed by atoms with van der Waals surface area (Å²) in [4.78, 5) is 3.48. The normalized spacial score (nSPS) is 11.3. The van der Waals surface area contributed by atoms with Crippen LogP contribution in [-0.2, 0) is 0 Å². The molecule has 0 aliphatic heterocycles. The quantitative estimate of drug-likeness (QED) is 0.539. The van der Waals surface area contributed by atoms with E-state index < -0.39 is 0 Å².